The highest BCUT2D eigenvalue weighted by atomic mass is 19.4. The van der Waals surface area contributed by atoms with Crippen LogP contribution in [0.25, 0.3) is 0 Å². The summed E-state index contributed by atoms with van der Waals surface area (Å²) in [5.74, 6) is 0. The molecule has 15 heavy (non-hydrogen) atoms. The molecule has 0 spiro atoms. The molecule has 0 N–H and O–H groups in total. The minimum atomic E-state index is -4.34. The van der Waals surface area contributed by atoms with E-state index in [1.165, 1.54) is 0 Å². The first-order valence-corrected chi connectivity index (χ1v) is 4.83. The van der Waals surface area contributed by atoms with Crippen LogP contribution in [0.5, 0.6) is 0 Å². The van der Waals surface area contributed by atoms with Crippen molar-refractivity contribution in [2.75, 3.05) is 19.8 Å². The van der Waals surface area contributed by atoms with E-state index in [4.69, 9.17) is 9.47 Å². The van der Waals surface area contributed by atoms with Gasteiger partial charge in [0.15, 0.2) is 12.4 Å². The largest absolute Gasteiger partial charge is 0.414 e. The SMILES string of the molecule is CCOC(COC(C)C(F)(F)F)OCC. The maximum atomic E-state index is 12.1. The summed E-state index contributed by atoms with van der Waals surface area (Å²) < 4.78 is 50.9. The van der Waals surface area contributed by atoms with Crippen LogP contribution in [-0.2, 0) is 14.2 Å². The fraction of sp³-hybridized carbons (Fsp3) is 1.00. The number of rotatable bonds is 7. The average molecular weight is 230 g/mol. The maximum Gasteiger partial charge on any atom is 0.414 e. The lowest BCUT2D eigenvalue weighted by Crippen LogP contribution is -2.33. The monoisotopic (exact) mass is 230 g/mol. The maximum absolute atomic E-state index is 12.1. The zero-order chi connectivity index (χ0) is 11.9. The molecule has 0 rings (SSSR count). The highest BCUT2D eigenvalue weighted by molar-refractivity contribution is 4.61. The zero-order valence-corrected chi connectivity index (χ0v) is 9.13. The summed E-state index contributed by atoms with van der Waals surface area (Å²) in [6, 6.07) is 0. The Hall–Kier alpha value is -0.330. The summed E-state index contributed by atoms with van der Waals surface area (Å²) in [6.45, 7) is 4.94. The van der Waals surface area contributed by atoms with Crippen molar-refractivity contribution >= 4 is 0 Å². The van der Waals surface area contributed by atoms with Crippen molar-refractivity contribution in [2.24, 2.45) is 0 Å². The highest BCUT2D eigenvalue weighted by Crippen LogP contribution is 2.22. The Morgan fingerprint density at radius 2 is 1.47 bits per heavy atom. The first-order valence-electron chi connectivity index (χ1n) is 4.83. The second-order valence-corrected chi connectivity index (χ2v) is 2.86. The molecule has 3 nitrogen and oxygen atoms in total. The molecule has 1 unspecified atom stereocenters. The van der Waals surface area contributed by atoms with E-state index in [0.29, 0.717) is 13.2 Å². The van der Waals surface area contributed by atoms with Crippen LogP contribution in [0.4, 0.5) is 13.2 Å². The molecule has 6 heteroatoms. The van der Waals surface area contributed by atoms with Crippen molar-refractivity contribution in [3.05, 3.63) is 0 Å². The van der Waals surface area contributed by atoms with Gasteiger partial charge in [0.05, 0.1) is 6.61 Å². The van der Waals surface area contributed by atoms with Crippen molar-refractivity contribution in [2.45, 2.75) is 39.3 Å². The summed E-state index contributed by atoms with van der Waals surface area (Å²) >= 11 is 0. The molecule has 0 aromatic rings. The molecule has 0 aliphatic heterocycles. The van der Waals surface area contributed by atoms with E-state index in [-0.39, 0.29) is 6.61 Å². The van der Waals surface area contributed by atoms with E-state index in [0.717, 1.165) is 6.92 Å². The van der Waals surface area contributed by atoms with Crippen molar-refractivity contribution in [3.63, 3.8) is 0 Å². The molecule has 0 saturated carbocycles. The molecule has 0 aromatic carbocycles. The van der Waals surface area contributed by atoms with Crippen molar-refractivity contribution in [1.29, 1.82) is 0 Å². The molecule has 0 heterocycles. The van der Waals surface area contributed by atoms with Gasteiger partial charge in [0, 0.05) is 13.2 Å². The lowest BCUT2D eigenvalue weighted by atomic mass is 10.4. The van der Waals surface area contributed by atoms with E-state index in [1.54, 1.807) is 13.8 Å². The van der Waals surface area contributed by atoms with E-state index < -0.39 is 18.6 Å². The fourth-order valence-electron chi connectivity index (χ4n) is 0.834. The van der Waals surface area contributed by atoms with Gasteiger partial charge in [-0.15, -0.1) is 0 Å². The fourth-order valence-corrected chi connectivity index (χ4v) is 0.834. The van der Waals surface area contributed by atoms with Crippen molar-refractivity contribution < 1.29 is 27.4 Å². The summed E-state index contributed by atoms with van der Waals surface area (Å²) in [5.41, 5.74) is 0. The molecule has 0 aliphatic carbocycles. The third-order valence-corrected chi connectivity index (χ3v) is 1.65. The quantitative estimate of drug-likeness (QED) is 0.628. The predicted molar refractivity (Wildman–Crippen MR) is 48.5 cm³/mol. The number of hydrogen-bond donors (Lipinski definition) is 0. The third-order valence-electron chi connectivity index (χ3n) is 1.65. The lowest BCUT2D eigenvalue weighted by Gasteiger charge is -2.21. The Labute approximate surface area is 87.5 Å². The molecular weight excluding hydrogens is 213 g/mol. The third kappa shape index (κ3) is 6.70. The lowest BCUT2D eigenvalue weighted by molar-refractivity contribution is -0.241. The van der Waals surface area contributed by atoms with Crippen LogP contribution in [0, 0.1) is 0 Å². The minimum absolute atomic E-state index is 0.220. The van der Waals surface area contributed by atoms with Gasteiger partial charge >= 0.3 is 6.18 Å². The van der Waals surface area contributed by atoms with Gasteiger partial charge in [-0.05, 0) is 20.8 Å². The van der Waals surface area contributed by atoms with Gasteiger partial charge in [-0.3, -0.25) is 0 Å². The van der Waals surface area contributed by atoms with Crippen LogP contribution in [0.3, 0.4) is 0 Å². The topological polar surface area (TPSA) is 27.7 Å². The van der Waals surface area contributed by atoms with Crippen LogP contribution in [0.15, 0.2) is 0 Å². The first-order chi connectivity index (χ1) is 6.91. The van der Waals surface area contributed by atoms with Gasteiger partial charge in [0.25, 0.3) is 0 Å². The van der Waals surface area contributed by atoms with E-state index in [9.17, 15) is 13.2 Å². The Morgan fingerprint density at radius 1 is 1.00 bits per heavy atom. The zero-order valence-electron chi connectivity index (χ0n) is 9.13. The molecule has 0 aliphatic rings. The van der Waals surface area contributed by atoms with E-state index in [2.05, 4.69) is 4.74 Å². The standard InChI is InChI=1S/C9H17F3O3/c1-4-13-8(14-5-2)6-15-7(3)9(10,11)12/h7-8H,4-6H2,1-3H3. The van der Waals surface area contributed by atoms with Gasteiger partial charge in [-0.2, -0.15) is 13.2 Å². The molecule has 1 atom stereocenters. The summed E-state index contributed by atoms with van der Waals surface area (Å²) in [5, 5.41) is 0. The number of alkyl halides is 3. The number of hydrogen-bond acceptors (Lipinski definition) is 3. The minimum Gasteiger partial charge on any atom is -0.364 e. The molecule has 0 radical (unpaired) electrons. The number of halogens is 3. The summed E-state index contributed by atoms with van der Waals surface area (Å²) in [7, 11) is 0. The van der Waals surface area contributed by atoms with Gasteiger partial charge in [0.2, 0.25) is 0 Å². The van der Waals surface area contributed by atoms with Crippen LogP contribution >= 0.6 is 0 Å². The average Bonchev–Trinajstić information content (AvgIpc) is 2.12. The first kappa shape index (κ1) is 14.7. The molecular formula is C9H17F3O3. The Balaban J connectivity index is 3.87. The molecule has 0 saturated heterocycles. The number of ether oxygens (including phenoxy) is 3. The Bertz CT molecular complexity index is 155. The van der Waals surface area contributed by atoms with Gasteiger partial charge in [-0.25, -0.2) is 0 Å². The predicted octanol–water partition coefficient (Wildman–Crippen LogP) is 2.35. The van der Waals surface area contributed by atoms with E-state index >= 15 is 0 Å². The summed E-state index contributed by atoms with van der Waals surface area (Å²) in [6.07, 6.45) is -6.88. The smallest absolute Gasteiger partial charge is 0.364 e. The molecule has 0 bridgehead atoms. The van der Waals surface area contributed by atoms with Crippen molar-refractivity contribution in [1.82, 2.24) is 0 Å². The van der Waals surface area contributed by atoms with Crippen LogP contribution < -0.4 is 0 Å². The normalized spacial score (nSPS) is 14.6. The summed E-state index contributed by atoms with van der Waals surface area (Å²) in [4.78, 5) is 0. The second-order valence-electron chi connectivity index (χ2n) is 2.86. The Morgan fingerprint density at radius 3 is 1.80 bits per heavy atom. The Kier molecular flexibility index (Phi) is 6.87. The van der Waals surface area contributed by atoms with Gasteiger partial charge in [0.1, 0.15) is 0 Å². The molecule has 0 amide bonds. The van der Waals surface area contributed by atoms with Gasteiger partial charge in [-0.1, -0.05) is 0 Å². The second kappa shape index (κ2) is 7.03. The van der Waals surface area contributed by atoms with Crippen LogP contribution in [0.1, 0.15) is 20.8 Å². The van der Waals surface area contributed by atoms with E-state index in [1.807, 2.05) is 0 Å². The highest BCUT2D eigenvalue weighted by Gasteiger charge is 2.37. The molecule has 0 aromatic heterocycles. The molecule has 92 valence electrons. The van der Waals surface area contributed by atoms with Crippen LogP contribution in [0.2, 0.25) is 0 Å². The van der Waals surface area contributed by atoms with Crippen LogP contribution in [-0.4, -0.2) is 38.4 Å². The molecule has 0 fully saturated rings. The van der Waals surface area contributed by atoms with Gasteiger partial charge < -0.3 is 14.2 Å². The van der Waals surface area contributed by atoms with Crippen molar-refractivity contribution in [3.8, 4) is 0 Å².